The minimum absolute atomic E-state index is 0.147. The molecule has 2 aromatic heterocycles. The first-order chi connectivity index (χ1) is 13.2. The minimum atomic E-state index is -0.336. The van der Waals surface area contributed by atoms with E-state index in [2.05, 4.69) is 10.2 Å². The van der Waals surface area contributed by atoms with Gasteiger partial charge in [-0.25, -0.2) is 0 Å². The summed E-state index contributed by atoms with van der Waals surface area (Å²) < 4.78 is 7.32. The number of hydrogen-bond donors (Lipinski definition) is 0. The summed E-state index contributed by atoms with van der Waals surface area (Å²) in [5, 5.41) is 8.92. The van der Waals surface area contributed by atoms with Crippen LogP contribution < -0.4 is 0 Å². The molecule has 1 aromatic carbocycles. The third-order valence-corrected chi connectivity index (χ3v) is 6.07. The molecule has 0 spiro atoms. The second-order valence-corrected chi connectivity index (χ2v) is 7.71. The minimum Gasteiger partial charge on any atom is -0.461 e. The Morgan fingerprint density at radius 3 is 2.56 bits per heavy atom. The number of rotatable bonds is 5. The molecule has 0 N–H and O–H groups in total. The summed E-state index contributed by atoms with van der Waals surface area (Å²) >= 11 is 1.44. The van der Waals surface area contributed by atoms with Crippen molar-refractivity contribution in [2.45, 2.75) is 29.7 Å². The Hall–Kier alpha value is -2.54. The number of nitrogens with zero attached hydrogens (tertiary/aromatic N) is 4. The fourth-order valence-corrected chi connectivity index (χ4v) is 4.40. The van der Waals surface area contributed by atoms with Crippen LogP contribution in [0.15, 0.2) is 58.3 Å². The molecule has 7 heteroatoms. The van der Waals surface area contributed by atoms with Gasteiger partial charge < -0.3 is 13.9 Å². The average Bonchev–Trinajstić information content (AvgIpc) is 3.37. The van der Waals surface area contributed by atoms with Gasteiger partial charge >= 0.3 is 0 Å². The van der Waals surface area contributed by atoms with E-state index >= 15 is 0 Å². The van der Waals surface area contributed by atoms with E-state index in [1.54, 1.807) is 6.26 Å². The summed E-state index contributed by atoms with van der Waals surface area (Å²) in [6.45, 7) is 1.67. The van der Waals surface area contributed by atoms with Gasteiger partial charge in [0.05, 0.1) is 6.26 Å². The van der Waals surface area contributed by atoms with Gasteiger partial charge in [-0.2, -0.15) is 0 Å². The van der Waals surface area contributed by atoms with Crippen LogP contribution in [0, 0.1) is 0 Å². The van der Waals surface area contributed by atoms with Gasteiger partial charge in [0.15, 0.2) is 16.7 Å². The summed E-state index contributed by atoms with van der Waals surface area (Å²) in [5.41, 5.74) is 0.987. The molecular formula is C20H22N4O2S. The lowest BCUT2D eigenvalue weighted by Gasteiger charge is -2.30. The van der Waals surface area contributed by atoms with Crippen LogP contribution in [0.2, 0.25) is 0 Å². The zero-order chi connectivity index (χ0) is 18.6. The quantitative estimate of drug-likeness (QED) is 0.626. The number of likely N-dealkylation sites (tertiary alicyclic amines) is 1. The molecule has 3 heterocycles. The number of carbonyl (C=O) groups is 1. The number of amides is 1. The molecule has 27 heavy (non-hydrogen) atoms. The van der Waals surface area contributed by atoms with Gasteiger partial charge in [-0.05, 0) is 37.0 Å². The lowest BCUT2D eigenvalue weighted by Crippen LogP contribution is -2.38. The molecule has 140 valence electrons. The lowest BCUT2D eigenvalue weighted by molar-refractivity contribution is -0.131. The number of piperidine rings is 1. The van der Waals surface area contributed by atoms with Crippen molar-refractivity contribution in [1.82, 2.24) is 19.7 Å². The molecule has 0 radical (unpaired) electrons. The molecule has 0 bridgehead atoms. The van der Waals surface area contributed by atoms with Crippen molar-refractivity contribution in [2.24, 2.45) is 7.05 Å². The van der Waals surface area contributed by atoms with Crippen molar-refractivity contribution in [2.75, 3.05) is 13.1 Å². The molecule has 4 rings (SSSR count). The summed E-state index contributed by atoms with van der Waals surface area (Å²) in [5.74, 6) is 1.46. The summed E-state index contributed by atoms with van der Waals surface area (Å²) in [4.78, 5) is 15.3. The van der Waals surface area contributed by atoms with E-state index in [-0.39, 0.29) is 11.2 Å². The third kappa shape index (κ3) is 3.78. The van der Waals surface area contributed by atoms with Crippen LogP contribution in [0.1, 0.15) is 30.1 Å². The number of carbonyl (C=O) groups excluding carboxylic acids is 1. The number of thioether (sulfide) groups is 1. The predicted octanol–water partition coefficient (Wildman–Crippen LogP) is 3.92. The number of hydrogen-bond acceptors (Lipinski definition) is 5. The Kier molecular flexibility index (Phi) is 5.29. The van der Waals surface area contributed by atoms with E-state index in [9.17, 15) is 4.79 Å². The van der Waals surface area contributed by atoms with Gasteiger partial charge in [0.25, 0.3) is 0 Å². The Labute approximate surface area is 162 Å². The van der Waals surface area contributed by atoms with Crippen molar-refractivity contribution >= 4 is 17.7 Å². The molecule has 6 nitrogen and oxygen atoms in total. The number of aromatic nitrogens is 3. The van der Waals surface area contributed by atoms with E-state index in [4.69, 9.17) is 4.42 Å². The predicted molar refractivity (Wildman–Crippen MR) is 104 cm³/mol. The maximum Gasteiger partial charge on any atom is 0.240 e. The topological polar surface area (TPSA) is 64.2 Å². The molecule has 1 fully saturated rings. The Morgan fingerprint density at radius 2 is 1.85 bits per heavy atom. The van der Waals surface area contributed by atoms with Crippen molar-refractivity contribution < 1.29 is 9.21 Å². The van der Waals surface area contributed by atoms with Crippen LogP contribution in [-0.2, 0) is 11.8 Å². The van der Waals surface area contributed by atoms with E-state index < -0.39 is 0 Å². The van der Waals surface area contributed by atoms with Gasteiger partial charge in [-0.15, -0.1) is 10.2 Å². The summed E-state index contributed by atoms with van der Waals surface area (Å²) in [6.07, 6.45) is 4.96. The summed E-state index contributed by atoms with van der Waals surface area (Å²) in [6, 6.07) is 13.6. The highest BCUT2D eigenvalue weighted by Crippen LogP contribution is 2.37. The van der Waals surface area contributed by atoms with E-state index in [0.717, 1.165) is 31.5 Å². The fourth-order valence-electron chi connectivity index (χ4n) is 3.31. The monoisotopic (exact) mass is 382 g/mol. The molecule has 0 aliphatic carbocycles. The highest BCUT2D eigenvalue weighted by Gasteiger charge is 2.30. The molecule has 3 aromatic rings. The van der Waals surface area contributed by atoms with Gasteiger partial charge in [0.1, 0.15) is 5.25 Å². The number of benzene rings is 1. The van der Waals surface area contributed by atoms with Crippen LogP contribution in [0.4, 0.5) is 0 Å². The molecule has 0 saturated carbocycles. The standard InChI is InChI=1S/C20H22N4O2S/c1-23-18(16-11-8-14-26-16)21-22-20(23)27-17(15-9-4-2-5-10-15)19(25)24-12-6-3-7-13-24/h2,4-5,8-11,14,17H,3,6-7,12-13H2,1H3/t17-/m1/s1. The van der Waals surface area contributed by atoms with Crippen LogP contribution >= 0.6 is 11.8 Å². The SMILES string of the molecule is Cn1c(S[C@@H](C(=O)N2CCCCC2)c2ccccc2)nnc1-c1ccco1. The average molecular weight is 382 g/mol. The van der Waals surface area contributed by atoms with E-state index in [1.165, 1.54) is 18.2 Å². The molecular weight excluding hydrogens is 360 g/mol. The largest absolute Gasteiger partial charge is 0.461 e. The zero-order valence-corrected chi connectivity index (χ0v) is 16.1. The van der Waals surface area contributed by atoms with Gasteiger partial charge in [-0.1, -0.05) is 42.1 Å². The Balaban J connectivity index is 1.63. The van der Waals surface area contributed by atoms with Crippen LogP contribution in [0.3, 0.4) is 0 Å². The van der Waals surface area contributed by atoms with Crippen molar-refractivity contribution in [3.63, 3.8) is 0 Å². The molecule has 1 atom stereocenters. The normalized spacial score (nSPS) is 15.7. The van der Waals surface area contributed by atoms with Crippen molar-refractivity contribution in [3.05, 3.63) is 54.3 Å². The lowest BCUT2D eigenvalue weighted by atomic mass is 10.1. The number of furan rings is 1. The van der Waals surface area contributed by atoms with Crippen LogP contribution in [0.5, 0.6) is 0 Å². The zero-order valence-electron chi connectivity index (χ0n) is 15.2. The van der Waals surface area contributed by atoms with Crippen molar-refractivity contribution in [1.29, 1.82) is 0 Å². The third-order valence-electron chi connectivity index (χ3n) is 4.79. The Morgan fingerprint density at radius 1 is 1.07 bits per heavy atom. The summed E-state index contributed by atoms with van der Waals surface area (Å²) in [7, 11) is 1.90. The maximum atomic E-state index is 13.3. The van der Waals surface area contributed by atoms with Crippen LogP contribution in [-0.4, -0.2) is 38.7 Å². The highest BCUT2D eigenvalue weighted by molar-refractivity contribution is 8.00. The van der Waals surface area contributed by atoms with Gasteiger partial charge in [0.2, 0.25) is 5.91 Å². The molecule has 1 amide bonds. The van der Waals surface area contributed by atoms with E-state index in [0.29, 0.717) is 16.7 Å². The molecule has 1 aliphatic heterocycles. The Bertz CT molecular complexity index is 886. The first kappa shape index (κ1) is 17.9. The molecule has 1 saturated heterocycles. The second-order valence-electron chi connectivity index (χ2n) is 6.64. The van der Waals surface area contributed by atoms with Crippen molar-refractivity contribution in [3.8, 4) is 11.6 Å². The van der Waals surface area contributed by atoms with Gasteiger partial charge in [-0.3, -0.25) is 4.79 Å². The highest BCUT2D eigenvalue weighted by atomic mass is 32.2. The van der Waals surface area contributed by atoms with E-state index in [1.807, 2.05) is 59.0 Å². The molecule has 0 unspecified atom stereocenters. The first-order valence-corrected chi connectivity index (χ1v) is 10.1. The first-order valence-electron chi connectivity index (χ1n) is 9.17. The maximum absolute atomic E-state index is 13.3. The van der Waals surface area contributed by atoms with Crippen LogP contribution in [0.25, 0.3) is 11.6 Å². The molecule has 1 aliphatic rings. The van der Waals surface area contributed by atoms with Gasteiger partial charge in [0, 0.05) is 20.1 Å². The smallest absolute Gasteiger partial charge is 0.240 e. The second kappa shape index (κ2) is 8.00. The fraction of sp³-hybridized carbons (Fsp3) is 0.350.